The number of rotatable bonds is 5. The molecular formula is C19H19N3O. The molecule has 116 valence electrons. The second kappa shape index (κ2) is 6.92. The predicted molar refractivity (Wildman–Crippen MR) is 91.2 cm³/mol. The predicted octanol–water partition coefficient (Wildman–Crippen LogP) is 3.36. The lowest BCUT2D eigenvalue weighted by molar-refractivity contribution is 0.0955. The zero-order chi connectivity index (χ0) is 16.1. The smallest absolute Gasteiger partial charge is 0.251 e. The van der Waals surface area contributed by atoms with Gasteiger partial charge in [-0.25, -0.2) is 0 Å². The van der Waals surface area contributed by atoms with Crippen molar-refractivity contribution in [1.29, 1.82) is 0 Å². The van der Waals surface area contributed by atoms with E-state index in [1.807, 2.05) is 42.6 Å². The summed E-state index contributed by atoms with van der Waals surface area (Å²) in [6.07, 6.45) is 4.37. The summed E-state index contributed by atoms with van der Waals surface area (Å²) in [5.41, 5.74) is 4.97. The monoisotopic (exact) mass is 305 g/mol. The van der Waals surface area contributed by atoms with Crippen LogP contribution in [-0.4, -0.2) is 22.6 Å². The molecule has 0 unspecified atom stereocenters. The van der Waals surface area contributed by atoms with Gasteiger partial charge >= 0.3 is 0 Å². The molecule has 0 saturated carbocycles. The van der Waals surface area contributed by atoms with Gasteiger partial charge in [0, 0.05) is 18.3 Å². The van der Waals surface area contributed by atoms with E-state index >= 15 is 0 Å². The Balaban J connectivity index is 1.75. The minimum absolute atomic E-state index is 0.0504. The van der Waals surface area contributed by atoms with Crippen molar-refractivity contribution in [2.75, 3.05) is 6.54 Å². The maximum absolute atomic E-state index is 12.5. The average molecular weight is 305 g/mol. The van der Waals surface area contributed by atoms with E-state index in [2.05, 4.69) is 34.6 Å². The number of aromatic nitrogens is 2. The van der Waals surface area contributed by atoms with Crippen molar-refractivity contribution in [2.45, 2.75) is 13.3 Å². The molecule has 23 heavy (non-hydrogen) atoms. The molecule has 1 amide bonds. The van der Waals surface area contributed by atoms with E-state index in [1.165, 1.54) is 5.56 Å². The van der Waals surface area contributed by atoms with E-state index in [9.17, 15) is 4.79 Å². The summed E-state index contributed by atoms with van der Waals surface area (Å²) >= 11 is 0. The molecule has 1 heterocycles. The minimum Gasteiger partial charge on any atom is -0.352 e. The Morgan fingerprint density at radius 1 is 1.17 bits per heavy atom. The summed E-state index contributed by atoms with van der Waals surface area (Å²) in [4.78, 5) is 12.5. The van der Waals surface area contributed by atoms with Gasteiger partial charge in [-0.2, -0.15) is 5.10 Å². The molecule has 0 aliphatic carbocycles. The van der Waals surface area contributed by atoms with Gasteiger partial charge in [-0.1, -0.05) is 48.0 Å². The third-order valence-electron chi connectivity index (χ3n) is 3.75. The standard InChI is InChI=1S/C19H19N3O/c1-14-5-4-6-16(11-14)17-7-2-3-8-18(17)19(23)20-10-9-15-12-21-22-13-15/h2-8,11-13H,9-10H2,1H3,(H,20,23)(H,21,22). The molecule has 2 aromatic carbocycles. The Morgan fingerprint density at radius 2 is 2.04 bits per heavy atom. The molecule has 1 aromatic heterocycles. The van der Waals surface area contributed by atoms with Gasteiger partial charge in [-0.15, -0.1) is 0 Å². The number of amides is 1. The summed E-state index contributed by atoms with van der Waals surface area (Å²) in [6.45, 7) is 2.64. The normalized spacial score (nSPS) is 10.5. The fourth-order valence-electron chi connectivity index (χ4n) is 2.58. The first-order valence-electron chi connectivity index (χ1n) is 7.66. The molecule has 4 heteroatoms. The molecule has 3 rings (SSSR count). The number of carbonyl (C=O) groups excluding carboxylic acids is 1. The number of carbonyl (C=O) groups is 1. The van der Waals surface area contributed by atoms with Crippen LogP contribution in [0.1, 0.15) is 21.5 Å². The number of H-pyrrole nitrogens is 1. The molecule has 0 spiro atoms. The second-order valence-corrected chi connectivity index (χ2v) is 5.53. The van der Waals surface area contributed by atoms with Crippen LogP contribution in [0.3, 0.4) is 0 Å². The maximum Gasteiger partial charge on any atom is 0.251 e. The SMILES string of the molecule is Cc1cccc(-c2ccccc2C(=O)NCCc2cn[nH]c2)c1. The van der Waals surface area contributed by atoms with Gasteiger partial charge in [0.25, 0.3) is 5.91 Å². The number of nitrogens with one attached hydrogen (secondary N) is 2. The maximum atomic E-state index is 12.5. The van der Waals surface area contributed by atoms with Crippen molar-refractivity contribution >= 4 is 5.91 Å². The largest absolute Gasteiger partial charge is 0.352 e. The summed E-state index contributed by atoms with van der Waals surface area (Å²) in [7, 11) is 0. The van der Waals surface area contributed by atoms with Crippen molar-refractivity contribution < 1.29 is 4.79 Å². The number of aromatic amines is 1. The van der Waals surface area contributed by atoms with Gasteiger partial charge in [0.05, 0.1) is 6.20 Å². The quantitative estimate of drug-likeness (QED) is 0.759. The van der Waals surface area contributed by atoms with Crippen LogP contribution in [0, 0.1) is 6.92 Å². The lowest BCUT2D eigenvalue weighted by Crippen LogP contribution is -2.26. The molecule has 2 N–H and O–H groups in total. The van der Waals surface area contributed by atoms with E-state index < -0.39 is 0 Å². The van der Waals surface area contributed by atoms with Crippen molar-refractivity contribution in [2.24, 2.45) is 0 Å². The van der Waals surface area contributed by atoms with E-state index in [4.69, 9.17) is 0 Å². The number of nitrogens with zero attached hydrogens (tertiary/aromatic N) is 1. The number of aryl methyl sites for hydroxylation is 1. The lowest BCUT2D eigenvalue weighted by Gasteiger charge is -2.10. The van der Waals surface area contributed by atoms with Crippen LogP contribution in [-0.2, 0) is 6.42 Å². The fraction of sp³-hybridized carbons (Fsp3) is 0.158. The number of hydrogen-bond donors (Lipinski definition) is 2. The summed E-state index contributed by atoms with van der Waals surface area (Å²) in [6, 6.07) is 15.9. The van der Waals surface area contributed by atoms with Crippen LogP contribution < -0.4 is 5.32 Å². The molecule has 0 fully saturated rings. The number of hydrogen-bond acceptors (Lipinski definition) is 2. The van der Waals surface area contributed by atoms with Crippen LogP contribution in [0.2, 0.25) is 0 Å². The van der Waals surface area contributed by atoms with E-state index in [0.29, 0.717) is 12.1 Å². The van der Waals surface area contributed by atoms with E-state index in [0.717, 1.165) is 23.1 Å². The van der Waals surface area contributed by atoms with Crippen LogP contribution in [0.15, 0.2) is 60.9 Å². The molecule has 0 bridgehead atoms. The third kappa shape index (κ3) is 3.66. The van der Waals surface area contributed by atoms with Gasteiger partial charge in [-0.05, 0) is 36.1 Å². The van der Waals surface area contributed by atoms with Gasteiger partial charge in [0.1, 0.15) is 0 Å². The molecule has 4 nitrogen and oxygen atoms in total. The number of benzene rings is 2. The molecule has 0 aliphatic rings. The first-order valence-corrected chi connectivity index (χ1v) is 7.66. The summed E-state index contributed by atoms with van der Waals surface area (Å²) < 4.78 is 0. The summed E-state index contributed by atoms with van der Waals surface area (Å²) in [5.74, 6) is -0.0504. The molecule has 0 saturated heterocycles. The third-order valence-corrected chi connectivity index (χ3v) is 3.75. The lowest BCUT2D eigenvalue weighted by atomic mass is 9.98. The van der Waals surface area contributed by atoms with Crippen molar-refractivity contribution in [3.63, 3.8) is 0 Å². The second-order valence-electron chi connectivity index (χ2n) is 5.53. The average Bonchev–Trinajstić information content (AvgIpc) is 3.08. The Morgan fingerprint density at radius 3 is 2.83 bits per heavy atom. The Bertz CT molecular complexity index is 794. The zero-order valence-corrected chi connectivity index (χ0v) is 13.0. The topological polar surface area (TPSA) is 57.8 Å². The van der Waals surface area contributed by atoms with Crippen LogP contribution in [0.5, 0.6) is 0 Å². The molecule has 0 atom stereocenters. The first kappa shape index (κ1) is 15.0. The van der Waals surface area contributed by atoms with E-state index in [-0.39, 0.29) is 5.91 Å². The van der Waals surface area contributed by atoms with Gasteiger partial charge in [0.15, 0.2) is 0 Å². The highest BCUT2D eigenvalue weighted by molar-refractivity contribution is 6.00. The molecule has 3 aromatic rings. The molecule has 0 aliphatic heterocycles. The first-order chi connectivity index (χ1) is 11.2. The van der Waals surface area contributed by atoms with Crippen LogP contribution >= 0.6 is 0 Å². The minimum atomic E-state index is -0.0504. The fourth-order valence-corrected chi connectivity index (χ4v) is 2.58. The van der Waals surface area contributed by atoms with Crippen LogP contribution in [0.25, 0.3) is 11.1 Å². The van der Waals surface area contributed by atoms with Crippen molar-refractivity contribution in [3.8, 4) is 11.1 Å². The molecule has 0 radical (unpaired) electrons. The van der Waals surface area contributed by atoms with Crippen LogP contribution in [0.4, 0.5) is 0 Å². The van der Waals surface area contributed by atoms with E-state index in [1.54, 1.807) is 6.20 Å². The highest BCUT2D eigenvalue weighted by Crippen LogP contribution is 2.24. The zero-order valence-electron chi connectivity index (χ0n) is 13.0. The van der Waals surface area contributed by atoms with Gasteiger partial charge in [0.2, 0.25) is 0 Å². The Kier molecular flexibility index (Phi) is 4.52. The Labute approximate surface area is 135 Å². The Hall–Kier alpha value is -2.88. The van der Waals surface area contributed by atoms with Gasteiger partial charge in [-0.3, -0.25) is 9.89 Å². The van der Waals surface area contributed by atoms with Crippen molar-refractivity contribution in [1.82, 2.24) is 15.5 Å². The molecular weight excluding hydrogens is 286 g/mol. The highest BCUT2D eigenvalue weighted by atomic mass is 16.1. The summed E-state index contributed by atoms with van der Waals surface area (Å²) in [5, 5.41) is 9.66. The highest BCUT2D eigenvalue weighted by Gasteiger charge is 2.12. The van der Waals surface area contributed by atoms with Crippen molar-refractivity contribution in [3.05, 3.63) is 77.6 Å². The van der Waals surface area contributed by atoms with Gasteiger partial charge < -0.3 is 5.32 Å².